The van der Waals surface area contributed by atoms with E-state index in [0.717, 1.165) is 19.3 Å². The van der Waals surface area contributed by atoms with Crippen molar-refractivity contribution in [3.05, 3.63) is 30.1 Å². The SMILES string of the molecule is COc1ccc2cc1OCCCCCC(=O)NCCN(C)c1ncnc3[nH]c(O)c(c13)C=N2. The number of amides is 1. The predicted octanol–water partition coefficient (Wildman–Crippen LogP) is 2.93. The third kappa shape index (κ3) is 5.16. The summed E-state index contributed by atoms with van der Waals surface area (Å²) in [6.07, 6.45) is 6.01. The van der Waals surface area contributed by atoms with Gasteiger partial charge in [-0.15, -0.1) is 0 Å². The van der Waals surface area contributed by atoms with E-state index in [1.807, 2.05) is 18.0 Å². The zero-order valence-corrected chi connectivity index (χ0v) is 18.8. The van der Waals surface area contributed by atoms with Gasteiger partial charge in [-0.1, -0.05) is 0 Å². The van der Waals surface area contributed by atoms with Crippen LogP contribution in [0, 0.1) is 0 Å². The zero-order chi connectivity index (χ0) is 23.2. The number of benzene rings is 1. The van der Waals surface area contributed by atoms with E-state index in [2.05, 4.69) is 25.3 Å². The number of likely N-dealkylation sites (N-methyl/N-ethyl adjacent to an activating group) is 1. The molecule has 33 heavy (non-hydrogen) atoms. The topological polar surface area (TPSA) is 125 Å². The largest absolute Gasteiger partial charge is 0.494 e. The van der Waals surface area contributed by atoms with Crippen LogP contribution in [0.25, 0.3) is 11.0 Å². The summed E-state index contributed by atoms with van der Waals surface area (Å²) in [4.78, 5) is 30.2. The number of H-pyrrole nitrogens is 1. The molecule has 0 fully saturated rings. The summed E-state index contributed by atoms with van der Waals surface area (Å²) in [6.45, 7) is 1.55. The Bertz CT molecular complexity index is 1160. The van der Waals surface area contributed by atoms with Crippen LogP contribution >= 0.6 is 0 Å². The van der Waals surface area contributed by atoms with Gasteiger partial charge in [0.1, 0.15) is 17.8 Å². The van der Waals surface area contributed by atoms with Crippen LogP contribution in [-0.2, 0) is 4.79 Å². The number of hydrogen-bond donors (Lipinski definition) is 3. The van der Waals surface area contributed by atoms with Crippen LogP contribution in [-0.4, -0.2) is 66.0 Å². The van der Waals surface area contributed by atoms with E-state index in [9.17, 15) is 9.90 Å². The van der Waals surface area contributed by atoms with Gasteiger partial charge in [0, 0.05) is 38.8 Å². The second kappa shape index (κ2) is 10.2. The quantitative estimate of drug-likeness (QED) is 0.518. The van der Waals surface area contributed by atoms with Gasteiger partial charge in [0.2, 0.25) is 5.91 Å². The third-order valence-electron chi connectivity index (χ3n) is 5.52. The summed E-state index contributed by atoms with van der Waals surface area (Å²) in [7, 11) is 3.47. The van der Waals surface area contributed by atoms with E-state index in [4.69, 9.17) is 9.47 Å². The first kappa shape index (κ1) is 22.4. The standard InChI is InChI=1S/C23H28N6O4/c1-29-10-9-24-19(30)6-4-3-5-11-33-18-12-15(7-8-17(18)32-2)25-13-16-20-21(28-23(16)31)26-14-27-22(20)29/h7-8,12-14,31H,3-6,9-11H2,1-2H3,(H,24,30)(H,26,27,28). The summed E-state index contributed by atoms with van der Waals surface area (Å²) >= 11 is 0. The van der Waals surface area contributed by atoms with Gasteiger partial charge in [0.25, 0.3) is 0 Å². The molecule has 10 heteroatoms. The summed E-state index contributed by atoms with van der Waals surface area (Å²) in [5.74, 6) is 1.81. The number of rotatable bonds is 1. The van der Waals surface area contributed by atoms with Crippen LogP contribution < -0.4 is 19.7 Å². The average Bonchev–Trinajstić information content (AvgIpc) is 3.14. The number of aromatic amines is 1. The number of fused-ring (bicyclic) bond motifs is 2. The molecule has 0 aliphatic carbocycles. The predicted molar refractivity (Wildman–Crippen MR) is 126 cm³/mol. The highest BCUT2D eigenvalue weighted by Crippen LogP contribution is 2.34. The van der Waals surface area contributed by atoms with Gasteiger partial charge in [0.05, 0.1) is 30.4 Å². The van der Waals surface area contributed by atoms with Gasteiger partial charge in [-0.3, -0.25) is 9.79 Å². The molecule has 0 radical (unpaired) electrons. The molecule has 2 bridgehead atoms. The van der Waals surface area contributed by atoms with Gasteiger partial charge >= 0.3 is 0 Å². The minimum absolute atomic E-state index is 0.0246. The second-order valence-electron chi connectivity index (χ2n) is 7.83. The monoisotopic (exact) mass is 452 g/mol. The molecule has 1 amide bonds. The highest BCUT2D eigenvalue weighted by molar-refractivity contribution is 6.06. The molecule has 10 nitrogen and oxygen atoms in total. The minimum atomic E-state index is -0.0481. The Morgan fingerprint density at radius 1 is 1.21 bits per heavy atom. The van der Waals surface area contributed by atoms with E-state index in [-0.39, 0.29) is 11.8 Å². The highest BCUT2D eigenvalue weighted by Gasteiger charge is 2.18. The number of hydrogen-bond acceptors (Lipinski definition) is 8. The zero-order valence-electron chi connectivity index (χ0n) is 18.8. The van der Waals surface area contributed by atoms with E-state index in [1.165, 1.54) is 6.33 Å². The van der Waals surface area contributed by atoms with Crippen LogP contribution in [0.2, 0.25) is 0 Å². The lowest BCUT2D eigenvalue weighted by Crippen LogP contribution is -2.33. The fourth-order valence-corrected chi connectivity index (χ4v) is 3.73. The number of aromatic nitrogens is 3. The molecule has 0 saturated heterocycles. The van der Waals surface area contributed by atoms with Crippen LogP contribution in [0.1, 0.15) is 31.2 Å². The Kier molecular flexibility index (Phi) is 6.92. The van der Waals surface area contributed by atoms with Crippen molar-refractivity contribution < 1.29 is 19.4 Å². The number of aromatic hydroxyl groups is 1. The maximum Gasteiger partial charge on any atom is 0.220 e. The van der Waals surface area contributed by atoms with Crippen molar-refractivity contribution in [2.45, 2.75) is 25.7 Å². The molecule has 1 aromatic carbocycles. The average molecular weight is 453 g/mol. The first-order valence-electron chi connectivity index (χ1n) is 10.9. The molecule has 3 N–H and O–H groups in total. The van der Waals surface area contributed by atoms with E-state index in [0.29, 0.717) is 65.7 Å². The molecule has 1 aliphatic rings. The number of carbonyl (C=O) groups excluding carboxylic acids is 1. The molecule has 3 aromatic rings. The van der Waals surface area contributed by atoms with Gasteiger partial charge < -0.3 is 29.8 Å². The molecule has 0 spiro atoms. The van der Waals surface area contributed by atoms with Crippen LogP contribution in [0.3, 0.4) is 0 Å². The molecular weight excluding hydrogens is 424 g/mol. The smallest absolute Gasteiger partial charge is 0.220 e. The number of methoxy groups -OCH3 is 1. The van der Waals surface area contributed by atoms with Crippen molar-refractivity contribution in [2.75, 3.05) is 38.8 Å². The molecule has 0 saturated carbocycles. The van der Waals surface area contributed by atoms with Gasteiger partial charge in [-0.25, -0.2) is 9.97 Å². The normalized spacial score (nSPS) is 15.8. The Morgan fingerprint density at radius 3 is 2.94 bits per heavy atom. The summed E-state index contributed by atoms with van der Waals surface area (Å²) in [6, 6.07) is 5.41. The number of nitrogens with one attached hydrogen (secondary N) is 2. The number of nitrogens with zero attached hydrogens (tertiary/aromatic N) is 4. The molecule has 0 unspecified atom stereocenters. The van der Waals surface area contributed by atoms with Gasteiger partial charge in [-0.05, 0) is 31.4 Å². The summed E-state index contributed by atoms with van der Waals surface area (Å²) in [5, 5.41) is 14.1. The maximum atomic E-state index is 12.2. The van der Waals surface area contributed by atoms with Crippen molar-refractivity contribution in [3.63, 3.8) is 0 Å². The molecule has 0 atom stereocenters. The number of carbonyl (C=O) groups is 1. The second-order valence-corrected chi connectivity index (χ2v) is 7.83. The Balaban J connectivity index is 1.72. The lowest BCUT2D eigenvalue weighted by molar-refractivity contribution is -0.121. The Hall–Kier alpha value is -3.82. The summed E-state index contributed by atoms with van der Waals surface area (Å²) < 4.78 is 11.3. The van der Waals surface area contributed by atoms with Crippen molar-refractivity contribution >= 4 is 34.7 Å². The van der Waals surface area contributed by atoms with Gasteiger partial charge in [0.15, 0.2) is 17.4 Å². The molecule has 1 aliphatic heterocycles. The Labute approximate surface area is 191 Å². The van der Waals surface area contributed by atoms with E-state index < -0.39 is 0 Å². The van der Waals surface area contributed by atoms with Crippen molar-refractivity contribution in [1.29, 1.82) is 0 Å². The van der Waals surface area contributed by atoms with Crippen molar-refractivity contribution in [2.24, 2.45) is 4.99 Å². The van der Waals surface area contributed by atoms with Crippen molar-refractivity contribution in [3.8, 4) is 17.4 Å². The van der Waals surface area contributed by atoms with Crippen molar-refractivity contribution in [1.82, 2.24) is 20.3 Å². The van der Waals surface area contributed by atoms with Crippen LogP contribution in [0.4, 0.5) is 11.5 Å². The lowest BCUT2D eigenvalue weighted by Gasteiger charge is -2.19. The molecule has 174 valence electrons. The lowest BCUT2D eigenvalue weighted by atomic mass is 10.2. The first-order chi connectivity index (χ1) is 16.1. The van der Waals surface area contributed by atoms with Crippen LogP contribution in [0.15, 0.2) is 29.5 Å². The van der Waals surface area contributed by atoms with E-state index >= 15 is 0 Å². The fourth-order valence-electron chi connectivity index (χ4n) is 3.73. The number of aliphatic imine (C=N–C) groups is 1. The third-order valence-corrected chi connectivity index (χ3v) is 5.52. The maximum absolute atomic E-state index is 12.2. The fraction of sp³-hybridized carbons (Fsp3) is 0.391. The number of ether oxygens (including phenoxy) is 2. The highest BCUT2D eigenvalue weighted by atomic mass is 16.5. The van der Waals surface area contributed by atoms with Gasteiger partial charge in [-0.2, -0.15) is 0 Å². The van der Waals surface area contributed by atoms with Crippen LogP contribution in [0.5, 0.6) is 17.4 Å². The molecule has 2 aromatic heterocycles. The summed E-state index contributed by atoms with van der Waals surface area (Å²) in [5.41, 5.74) is 1.63. The molecule has 4 rings (SSSR count). The van der Waals surface area contributed by atoms with E-state index in [1.54, 1.807) is 25.5 Å². The minimum Gasteiger partial charge on any atom is -0.494 e. The number of anilines is 1. The Morgan fingerprint density at radius 2 is 2.09 bits per heavy atom. The first-order valence-corrected chi connectivity index (χ1v) is 10.9. The molecule has 3 heterocycles. The molecular formula is C23H28N6O4.